The topological polar surface area (TPSA) is 41.6 Å². The molecule has 2 amide bonds. The standard InChI is InChI=1S/C13H17ClN2O2/c1-13(2)7-8-5-6-9(10(14)11(8)18-13)15-12(17)16(3)4/h5-6H,7H2,1-4H3,(H,15,17). The molecule has 1 aliphatic heterocycles. The number of fused-ring (bicyclic) bond motifs is 1. The van der Waals surface area contributed by atoms with Crippen molar-refractivity contribution in [3.05, 3.63) is 22.7 Å². The number of rotatable bonds is 1. The molecule has 0 bridgehead atoms. The van der Waals surface area contributed by atoms with E-state index < -0.39 is 0 Å². The molecule has 1 heterocycles. The Morgan fingerprint density at radius 2 is 2.11 bits per heavy atom. The molecule has 4 nitrogen and oxygen atoms in total. The van der Waals surface area contributed by atoms with Crippen molar-refractivity contribution >= 4 is 23.3 Å². The van der Waals surface area contributed by atoms with Gasteiger partial charge in [-0.05, 0) is 25.5 Å². The molecular weight excluding hydrogens is 252 g/mol. The molecule has 0 radical (unpaired) electrons. The van der Waals surface area contributed by atoms with Gasteiger partial charge in [-0.25, -0.2) is 4.79 Å². The fraction of sp³-hybridized carbons (Fsp3) is 0.462. The first-order valence-corrected chi connectivity index (χ1v) is 6.17. The van der Waals surface area contributed by atoms with Crippen LogP contribution in [0.1, 0.15) is 19.4 Å². The van der Waals surface area contributed by atoms with Crippen LogP contribution in [-0.4, -0.2) is 30.6 Å². The van der Waals surface area contributed by atoms with E-state index in [0.29, 0.717) is 16.5 Å². The van der Waals surface area contributed by atoms with Crippen LogP contribution in [0.15, 0.2) is 12.1 Å². The van der Waals surface area contributed by atoms with Gasteiger partial charge in [0, 0.05) is 20.5 Å². The summed E-state index contributed by atoms with van der Waals surface area (Å²) in [7, 11) is 3.35. The maximum absolute atomic E-state index is 11.6. The van der Waals surface area contributed by atoms with Crippen LogP contribution >= 0.6 is 11.6 Å². The van der Waals surface area contributed by atoms with E-state index in [1.54, 1.807) is 14.1 Å². The van der Waals surface area contributed by atoms with Gasteiger partial charge in [0.15, 0.2) is 0 Å². The number of urea groups is 1. The number of anilines is 1. The van der Waals surface area contributed by atoms with E-state index in [0.717, 1.165) is 12.0 Å². The third-order valence-electron chi connectivity index (χ3n) is 2.82. The SMILES string of the molecule is CN(C)C(=O)Nc1ccc2c(c1Cl)OC(C)(C)C2. The van der Waals surface area contributed by atoms with Crippen molar-refractivity contribution in [2.24, 2.45) is 0 Å². The third kappa shape index (κ3) is 2.38. The minimum atomic E-state index is -0.240. The summed E-state index contributed by atoms with van der Waals surface area (Å²) in [4.78, 5) is 13.1. The second kappa shape index (κ2) is 4.35. The summed E-state index contributed by atoms with van der Waals surface area (Å²) in [5, 5.41) is 3.21. The number of nitrogens with zero attached hydrogens (tertiary/aromatic N) is 1. The van der Waals surface area contributed by atoms with Crippen molar-refractivity contribution in [3.63, 3.8) is 0 Å². The van der Waals surface area contributed by atoms with E-state index in [9.17, 15) is 4.79 Å². The first kappa shape index (κ1) is 13.0. The lowest BCUT2D eigenvalue weighted by Crippen LogP contribution is -2.27. The van der Waals surface area contributed by atoms with Gasteiger partial charge >= 0.3 is 6.03 Å². The maximum atomic E-state index is 11.6. The molecule has 0 saturated carbocycles. The number of ether oxygens (including phenoxy) is 1. The Morgan fingerprint density at radius 1 is 1.44 bits per heavy atom. The van der Waals surface area contributed by atoms with Gasteiger partial charge in [-0.15, -0.1) is 0 Å². The van der Waals surface area contributed by atoms with Crippen molar-refractivity contribution in [1.29, 1.82) is 0 Å². The van der Waals surface area contributed by atoms with Crippen molar-refractivity contribution in [3.8, 4) is 5.75 Å². The van der Waals surface area contributed by atoms with E-state index in [4.69, 9.17) is 16.3 Å². The fourth-order valence-corrected chi connectivity index (χ4v) is 2.21. The van der Waals surface area contributed by atoms with Crippen LogP contribution < -0.4 is 10.1 Å². The van der Waals surface area contributed by atoms with Gasteiger partial charge in [0.1, 0.15) is 16.4 Å². The summed E-state index contributed by atoms with van der Waals surface area (Å²) in [5.41, 5.74) is 1.41. The van der Waals surface area contributed by atoms with Gasteiger partial charge in [0.05, 0.1) is 5.69 Å². The lowest BCUT2D eigenvalue weighted by atomic mass is 10.0. The number of nitrogens with one attached hydrogen (secondary N) is 1. The first-order chi connectivity index (χ1) is 8.30. The summed E-state index contributed by atoms with van der Waals surface area (Å²) < 4.78 is 5.81. The highest BCUT2D eigenvalue weighted by Gasteiger charge is 2.32. The average Bonchev–Trinajstić information content (AvgIpc) is 2.58. The van der Waals surface area contributed by atoms with Gasteiger partial charge < -0.3 is 15.0 Å². The van der Waals surface area contributed by atoms with E-state index >= 15 is 0 Å². The van der Waals surface area contributed by atoms with E-state index in [-0.39, 0.29) is 11.6 Å². The number of hydrogen-bond acceptors (Lipinski definition) is 2. The predicted molar refractivity (Wildman–Crippen MR) is 72.6 cm³/mol. The second-order valence-corrected chi connectivity index (χ2v) is 5.66. The Labute approximate surface area is 112 Å². The molecule has 1 N–H and O–H groups in total. The summed E-state index contributed by atoms with van der Waals surface area (Å²) in [6.07, 6.45) is 0.823. The van der Waals surface area contributed by atoms with Crippen LogP contribution in [0.25, 0.3) is 0 Å². The third-order valence-corrected chi connectivity index (χ3v) is 3.20. The molecule has 0 aliphatic carbocycles. The molecule has 1 aromatic rings. The average molecular weight is 269 g/mol. The second-order valence-electron chi connectivity index (χ2n) is 5.28. The van der Waals surface area contributed by atoms with E-state index in [2.05, 4.69) is 5.32 Å². The van der Waals surface area contributed by atoms with Gasteiger partial charge in [0.2, 0.25) is 0 Å². The normalized spacial score (nSPS) is 15.8. The van der Waals surface area contributed by atoms with Crippen LogP contribution in [0, 0.1) is 0 Å². The molecule has 98 valence electrons. The minimum absolute atomic E-state index is 0.214. The Balaban J connectivity index is 2.30. The number of benzene rings is 1. The monoisotopic (exact) mass is 268 g/mol. The van der Waals surface area contributed by atoms with Gasteiger partial charge in [0.25, 0.3) is 0 Å². The number of halogens is 1. The highest BCUT2D eigenvalue weighted by atomic mass is 35.5. The highest BCUT2D eigenvalue weighted by molar-refractivity contribution is 6.35. The smallest absolute Gasteiger partial charge is 0.321 e. The van der Waals surface area contributed by atoms with Crippen LogP contribution in [0.4, 0.5) is 10.5 Å². The molecule has 18 heavy (non-hydrogen) atoms. The van der Waals surface area contributed by atoms with E-state index in [1.165, 1.54) is 4.90 Å². The van der Waals surface area contributed by atoms with Crippen LogP contribution in [0.2, 0.25) is 5.02 Å². The molecule has 2 rings (SSSR count). The predicted octanol–water partition coefficient (Wildman–Crippen LogP) is 3.15. The molecule has 0 unspecified atom stereocenters. The molecule has 1 aliphatic rings. The fourth-order valence-electron chi connectivity index (χ4n) is 1.94. The number of hydrogen-bond donors (Lipinski definition) is 1. The Bertz CT molecular complexity index is 498. The molecule has 0 fully saturated rings. The van der Waals surface area contributed by atoms with Crippen LogP contribution in [0.5, 0.6) is 5.75 Å². The molecule has 5 heteroatoms. The molecule has 0 atom stereocenters. The number of carbonyl (C=O) groups is 1. The molecule has 1 aromatic carbocycles. The molecule has 0 aromatic heterocycles. The lowest BCUT2D eigenvalue weighted by molar-refractivity contribution is 0.138. The van der Waals surface area contributed by atoms with Crippen molar-refractivity contribution < 1.29 is 9.53 Å². The van der Waals surface area contributed by atoms with Crippen molar-refractivity contribution in [2.45, 2.75) is 25.9 Å². The number of amides is 2. The highest BCUT2D eigenvalue weighted by Crippen LogP contribution is 2.43. The molecule has 0 saturated heterocycles. The van der Waals surface area contributed by atoms with Crippen molar-refractivity contribution in [2.75, 3.05) is 19.4 Å². The summed E-state index contributed by atoms with van der Waals surface area (Å²) in [6.45, 7) is 4.03. The zero-order valence-corrected chi connectivity index (χ0v) is 11.8. The first-order valence-electron chi connectivity index (χ1n) is 5.79. The van der Waals surface area contributed by atoms with E-state index in [1.807, 2.05) is 26.0 Å². The molecule has 0 spiro atoms. The van der Waals surface area contributed by atoms with Crippen LogP contribution in [0.3, 0.4) is 0 Å². The Hall–Kier alpha value is -1.42. The largest absolute Gasteiger partial charge is 0.486 e. The van der Waals surface area contributed by atoms with Gasteiger partial charge in [-0.2, -0.15) is 0 Å². The van der Waals surface area contributed by atoms with Crippen LogP contribution in [-0.2, 0) is 6.42 Å². The zero-order chi connectivity index (χ0) is 13.5. The Kier molecular flexibility index (Phi) is 3.15. The number of carbonyl (C=O) groups excluding carboxylic acids is 1. The summed E-state index contributed by atoms with van der Waals surface area (Å²) in [5.74, 6) is 0.679. The molecular formula is C13H17ClN2O2. The maximum Gasteiger partial charge on any atom is 0.321 e. The summed E-state index contributed by atoms with van der Waals surface area (Å²) in [6, 6.07) is 3.54. The van der Waals surface area contributed by atoms with Gasteiger partial charge in [-0.3, -0.25) is 0 Å². The quantitative estimate of drug-likeness (QED) is 0.850. The zero-order valence-electron chi connectivity index (χ0n) is 11.0. The van der Waals surface area contributed by atoms with Gasteiger partial charge in [-0.1, -0.05) is 17.7 Å². The summed E-state index contributed by atoms with van der Waals surface area (Å²) >= 11 is 6.27. The minimum Gasteiger partial charge on any atom is -0.486 e. The van der Waals surface area contributed by atoms with Crippen molar-refractivity contribution in [1.82, 2.24) is 4.90 Å². The Morgan fingerprint density at radius 3 is 2.72 bits per heavy atom. The lowest BCUT2D eigenvalue weighted by Gasteiger charge is -2.18.